The molecule has 1 unspecified atom stereocenters. The molecule has 0 aliphatic heterocycles. The maximum atomic E-state index is 11.5. The van der Waals surface area contributed by atoms with E-state index in [1.165, 1.54) is 0 Å². The monoisotopic (exact) mass is 257 g/mol. The number of nitrogens with zero attached hydrogens (tertiary/aromatic N) is 2. The number of nitrogens with one attached hydrogen (secondary N) is 1. The van der Waals surface area contributed by atoms with Gasteiger partial charge in [-0.1, -0.05) is 20.4 Å². The topological polar surface area (TPSA) is 64.0 Å². The fourth-order valence-corrected chi connectivity index (χ4v) is 2.34. The van der Waals surface area contributed by atoms with E-state index >= 15 is 0 Å². The van der Waals surface area contributed by atoms with Crippen LogP contribution in [0.25, 0.3) is 0 Å². The lowest BCUT2D eigenvalue weighted by Crippen LogP contribution is -2.39. The molecule has 96 valence electrons. The van der Waals surface area contributed by atoms with Gasteiger partial charge < -0.3 is 4.57 Å². The van der Waals surface area contributed by atoms with Gasteiger partial charge in [-0.3, -0.25) is 0 Å². The quantitative estimate of drug-likeness (QED) is 0.828. The molecule has 0 amide bonds. The fourth-order valence-electron chi connectivity index (χ4n) is 1.46. The number of aromatic nitrogens is 2. The third-order valence-electron chi connectivity index (χ3n) is 2.66. The second kappa shape index (κ2) is 5.46. The number of imidazole rings is 1. The van der Waals surface area contributed by atoms with Crippen molar-refractivity contribution in [3.05, 3.63) is 30.2 Å². The highest BCUT2D eigenvalue weighted by Gasteiger charge is 2.20. The molecule has 1 atom stereocenters. The van der Waals surface area contributed by atoms with Crippen LogP contribution in [-0.4, -0.2) is 24.0 Å². The first-order chi connectivity index (χ1) is 7.85. The highest BCUT2D eigenvalue weighted by Crippen LogP contribution is 2.10. The van der Waals surface area contributed by atoms with E-state index in [0.29, 0.717) is 6.42 Å². The molecule has 0 saturated heterocycles. The number of hydrogen-bond acceptors (Lipinski definition) is 3. The normalized spacial score (nSPS) is 13.9. The smallest absolute Gasteiger partial charge is 0.233 e. The zero-order valence-corrected chi connectivity index (χ0v) is 11.2. The van der Waals surface area contributed by atoms with Crippen molar-refractivity contribution in [2.24, 2.45) is 13.0 Å². The standard InChI is InChI=1S/C11H19N3O2S/c1-5-17(15,16)13-10(9(2)3)8-11-12-6-7-14(11)4/h5-7,9-10,13H,1,8H2,2-4H3. The Kier molecular flexibility index (Phi) is 4.47. The van der Waals surface area contributed by atoms with Crippen LogP contribution >= 0.6 is 0 Å². The van der Waals surface area contributed by atoms with Gasteiger partial charge in [0.25, 0.3) is 0 Å². The summed E-state index contributed by atoms with van der Waals surface area (Å²) in [5.41, 5.74) is 0. The minimum atomic E-state index is -3.40. The van der Waals surface area contributed by atoms with Crippen molar-refractivity contribution >= 4 is 10.0 Å². The van der Waals surface area contributed by atoms with Crippen LogP contribution < -0.4 is 4.72 Å². The first-order valence-corrected chi connectivity index (χ1v) is 7.01. The van der Waals surface area contributed by atoms with Gasteiger partial charge >= 0.3 is 0 Å². The Morgan fingerprint density at radius 3 is 2.65 bits per heavy atom. The predicted molar refractivity (Wildman–Crippen MR) is 67.8 cm³/mol. The molecule has 1 N–H and O–H groups in total. The van der Waals surface area contributed by atoms with Crippen molar-refractivity contribution in [3.63, 3.8) is 0 Å². The van der Waals surface area contributed by atoms with E-state index in [4.69, 9.17) is 0 Å². The maximum absolute atomic E-state index is 11.5. The van der Waals surface area contributed by atoms with Crippen molar-refractivity contribution in [2.75, 3.05) is 0 Å². The molecule has 17 heavy (non-hydrogen) atoms. The number of aryl methyl sites for hydroxylation is 1. The molecule has 1 heterocycles. The summed E-state index contributed by atoms with van der Waals surface area (Å²) in [5.74, 6) is 1.04. The van der Waals surface area contributed by atoms with Crippen molar-refractivity contribution in [1.82, 2.24) is 14.3 Å². The van der Waals surface area contributed by atoms with Gasteiger partial charge in [0.1, 0.15) is 5.82 Å². The minimum absolute atomic E-state index is 0.181. The number of sulfonamides is 1. The van der Waals surface area contributed by atoms with E-state index in [-0.39, 0.29) is 12.0 Å². The van der Waals surface area contributed by atoms with Gasteiger partial charge in [0, 0.05) is 37.3 Å². The Morgan fingerprint density at radius 2 is 2.24 bits per heavy atom. The van der Waals surface area contributed by atoms with Gasteiger partial charge in [-0.2, -0.15) is 0 Å². The highest BCUT2D eigenvalue weighted by molar-refractivity contribution is 7.92. The first-order valence-electron chi connectivity index (χ1n) is 5.46. The lowest BCUT2D eigenvalue weighted by Gasteiger charge is -2.21. The third-order valence-corrected chi connectivity index (χ3v) is 3.73. The second-order valence-corrected chi connectivity index (χ2v) is 6.00. The Balaban J connectivity index is 2.81. The number of rotatable bonds is 6. The molecule has 0 aliphatic carbocycles. The second-order valence-electron chi connectivity index (χ2n) is 4.34. The van der Waals surface area contributed by atoms with Crippen LogP contribution in [-0.2, 0) is 23.5 Å². The molecule has 1 aromatic rings. The SMILES string of the molecule is C=CS(=O)(=O)NC(Cc1nccn1C)C(C)C. The first kappa shape index (κ1) is 13.9. The summed E-state index contributed by atoms with van der Waals surface area (Å²) in [6, 6.07) is -0.181. The molecule has 0 fully saturated rings. The average Bonchev–Trinajstić information content (AvgIpc) is 2.63. The largest absolute Gasteiger partial charge is 0.338 e. The van der Waals surface area contributed by atoms with Crippen LogP contribution in [0.2, 0.25) is 0 Å². The summed E-state index contributed by atoms with van der Waals surface area (Å²) in [5, 5.41) is 0.931. The molecule has 0 aromatic carbocycles. The summed E-state index contributed by atoms with van der Waals surface area (Å²) in [6.45, 7) is 7.23. The summed E-state index contributed by atoms with van der Waals surface area (Å²) in [7, 11) is -1.51. The van der Waals surface area contributed by atoms with Crippen LogP contribution in [0.5, 0.6) is 0 Å². The van der Waals surface area contributed by atoms with E-state index < -0.39 is 10.0 Å². The number of hydrogen-bond donors (Lipinski definition) is 1. The fraction of sp³-hybridized carbons (Fsp3) is 0.545. The molecular formula is C11H19N3O2S. The van der Waals surface area contributed by atoms with Gasteiger partial charge in [-0.25, -0.2) is 18.1 Å². The van der Waals surface area contributed by atoms with Crippen LogP contribution in [0.3, 0.4) is 0 Å². The molecule has 1 rings (SSSR count). The van der Waals surface area contributed by atoms with Gasteiger partial charge in [0.05, 0.1) is 0 Å². The lowest BCUT2D eigenvalue weighted by atomic mass is 10.0. The summed E-state index contributed by atoms with van der Waals surface area (Å²) < 4.78 is 27.4. The Bertz CT molecular complexity index is 477. The van der Waals surface area contributed by atoms with Crippen LogP contribution in [0.1, 0.15) is 19.7 Å². The molecule has 1 aromatic heterocycles. The van der Waals surface area contributed by atoms with E-state index in [1.54, 1.807) is 6.20 Å². The zero-order valence-electron chi connectivity index (χ0n) is 10.4. The highest BCUT2D eigenvalue weighted by atomic mass is 32.2. The van der Waals surface area contributed by atoms with E-state index in [1.807, 2.05) is 31.7 Å². The van der Waals surface area contributed by atoms with Crippen LogP contribution in [0.15, 0.2) is 24.4 Å². The Morgan fingerprint density at radius 1 is 1.59 bits per heavy atom. The lowest BCUT2D eigenvalue weighted by molar-refractivity contribution is 0.437. The van der Waals surface area contributed by atoms with Crippen LogP contribution in [0, 0.1) is 5.92 Å². The van der Waals surface area contributed by atoms with E-state index in [0.717, 1.165) is 11.2 Å². The van der Waals surface area contributed by atoms with E-state index in [9.17, 15) is 8.42 Å². The van der Waals surface area contributed by atoms with E-state index in [2.05, 4.69) is 16.3 Å². The molecule has 0 aliphatic rings. The molecule has 0 radical (unpaired) electrons. The summed E-state index contributed by atoms with van der Waals surface area (Å²) >= 11 is 0. The van der Waals surface area contributed by atoms with Gasteiger partial charge in [0.15, 0.2) is 0 Å². The maximum Gasteiger partial charge on any atom is 0.233 e. The molecule has 0 saturated carbocycles. The summed E-state index contributed by atoms with van der Waals surface area (Å²) in [6.07, 6.45) is 4.11. The van der Waals surface area contributed by atoms with Crippen molar-refractivity contribution in [3.8, 4) is 0 Å². The zero-order chi connectivity index (χ0) is 13.1. The Hall–Kier alpha value is -1.14. The van der Waals surface area contributed by atoms with Crippen molar-refractivity contribution in [2.45, 2.75) is 26.3 Å². The van der Waals surface area contributed by atoms with Crippen molar-refractivity contribution in [1.29, 1.82) is 0 Å². The van der Waals surface area contributed by atoms with Gasteiger partial charge in [-0.15, -0.1) is 0 Å². The van der Waals surface area contributed by atoms with Crippen LogP contribution in [0.4, 0.5) is 0 Å². The molecular weight excluding hydrogens is 238 g/mol. The van der Waals surface area contributed by atoms with Crippen molar-refractivity contribution < 1.29 is 8.42 Å². The molecule has 6 heteroatoms. The van der Waals surface area contributed by atoms with Gasteiger partial charge in [0.2, 0.25) is 10.0 Å². The van der Waals surface area contributed by atoms with Gasteiger partial charge in [-0.05, 0) is 5.92 Å². The summed E-state index contributed by atoms with van der Waals surface area (Å²) in [4.78, 5) is 4.20. The average molecular weight is 257 g/mol. The Labute approximate surface area is 103 Å². The third kappa shape index (κ3) is 3.98. The minimum Gasteiger partial charge on any atom is -0.338 e. The molecule has 5 nitrogen and oxygen atoms in total. The molecule has 0 spiro atoms. The molecule has 0 bridgehead atoms. The predicted octanol–water partition coefficient (Wildman–Crippen LogP) is 1.05.